The number of para-hydroxylation sites is 1. The molecule has 0 bridgehead atoms. The predicted molar refractivity (Wildman–Crippen MR) is 98.3 cm³/mol. The van der Waals surface area contributed by atoms with Crippen LogP contribution >= 0.6 is 23.1 Å². The highest BCUT2D eigenvalue weighted by molar-refractivity contribution is 7.98. The van der Waals surface area contributed by atoms with E-state index in [9.17, 15) is 4.79 Å². The Morgan fingerprint density at radius 2 is 1.96 bits per heavy atom. The Balaban J connectivity index is 1.64. The summed E-state index contributed by atoms with van der Waals surface area (Å²) in [4.78, 5) is 19.6. The van der Waals surface area contributed by atoms with E-state index in [1.807, 2.05) is 42.7 Å². The Kier molecular flexibility index (Phi) is 4.83. The number of aromatic nitrogens is 1. The lowest BCUT2D eigenvalue weighted by Crippen LogP contribution is -2.30. The van der Waals surface area contributed by atoms with Crippen LogP contribution in [0.5, 0.6) is 0 Å². The molecule has 0 spiro atoms. The molecule has 118 valence electrons. The van der Waals surface area contributed by atoms with Crippen LogP contribution in [0, 0.1) is 0 Å². The summed E-state index contributed by atoms with van der Waals surface area (Å²) in [5.74, 6) is 0. The van der Waals surface area contributed by atoms with Gasteiger partial charge in [0.15, 0.2) is 5.13 Å². The maximum Gasteiger partial charge on any atom is 0.323 e. The first kappa shape index (κ1) is 15.8. The number of nitrogens with zero attached hydrogens (tertiary/aromatic N) is 2. The third-order valence-electron chi connectivity index (χ3n) is 3.43. The maximum absolute atomic E-state index is 12.3. The Bertz CT molecular complexity index is 781. The normalized spacial score (nSPS) is 10.7. The first-order valence-corrected chi connectivity index (χ1v) is 9.20. The number of carbonyl (C=O) groups excluding carboxylic acids is 1. The highest BCUT2D eigenvalue weighted by Crippen LogP contribution is 2.25. The van der Waals surface area contributed by atoms with Gasteiger partial charge >= 0.3 is 6.03 Å². The van der Waals surface area contributed by atoms with Crippen LogP contribution in [0.15, 0.2) is 53.4 Å². The molecule has 1 aromatic heterocycles. The first-order valence-electron chi connectivity index (χ1n) is 7.16. The molecule has 0 atom stereocenters. The van der Waals surface area contributed by atoms with Gasteiger partial charge in [-0.15, -0.1) is 11.8 Å². The topological polar surface area (TPSA) is 45.2 Å². The van der Waals surface area contributed by atoms with Crippen LogP contribution in [0.25, 0.3) is 10.2 Å². The van der Waals surface area contributed by atoms with Gasteiger partial charge in [-0.3, -0.25) is 5.32 Å². The summed E-state index contributed by atoms with van der Waals surface area (Å²) in [6.45, 7) is 0.561. The van der Waals surface area contributed by atoms with Crippen molar-refractivity contribution in [2.24, 2.45) is 0 Å². The van der Waals surface area contributed by atoms with Gasteiger partial charge in [-0.05, 0) is 36.1 Å². The molecule has 2 aromatic carbocycles. The van der Waals surface area contributed by atoms with Crippen molar-refractivity contribution in [3.63, 3.8) is 0 Å². The minimum atomic E-state index is -0.155. The smallest absolute Gasteiger partial charge is 0.323 e. The quantitative estimate of drug-likeness (QED) is 0.700. The fourth-order valence-corrected chi connectivity index (χ4v) is 3.45. The molecule has 0 aliphatic carbocycles. The first-order chi connectivity index (χ1) is 11.2. The third-order valence-corrected chi connectivity index (χ3v) is 5.13. The summed E-state index contributed by atoms with van der Waals surface area (Å²) in [5, 5.41) is 3.49. The average Bonchev–Trinajstić information content (AvgIpc) is 2.97. The second-order valence-corrected chi connectivity index (χ2v) is 7.03. The van der Waals surface area contributed by atoms with Gasteiger partial charge in [0.05, 0.1) is 10.2 Å². The number of urea groups is 1. The lowest BCUT2D eigenvalue weighted by molar-refractivity contribution is 0.220. The number of hydrogen-bond acceptors (Lipinski definition) is 4. The van der Waals surface area contributed by atoms with Crippen LogP contribution in [0.2, 0.25) is 0 Å². The van der Waals surface area contributed by atoms with Crippen molar-refractivity contribution < 1.29 is 4.79 Å². The molecule has 23 heavy (non-hydrogen) atoms. The molecule has 3 aromatic rings. The largest absolute Gasteiger partial charge is 0.323 e. The minimum absolute atomic E-state index is 0.155. The maximum atomic E-state index is 12.3. The van der Waals surface area contributed by atoms with Gasteiger partial charge in [0, 0.05) is 18.5 Å². The molecule has 6 heteroatoms. The molecule has 0 radical (unpaired) electrons. The van der Waals surface area contributed by atoms with E-state index in [2.05, 4.69) is 22.4 Å². The average molecular weight is 343 g/mol. The zero-order chi connectivity index (χ0) is 16.2. The summed E-state index contributed by atoms with van der Waals surface area (Å²) in [5.41, 5.74) is 2.01. The van der Waals surface area contributed by atoms with Gasteiger partial charge in [-0.1, -0.05) is 35.6 Å². The molecule has 0 fully saturated rings. The number of carbonyl (C=O) groups is 1. The molecule has 1 N–H and O–H groups in total. The van der Waals surface area contributed by atoms with Gasteiger partial charge < -0.3 is 4.90 Å². The van der Waals surface area contributed by atoms with Crippen molar-refractivity contribution in [1.29, 1.82) is 0 Å². The molecule has 0 aliphatic heterocycles. The Morgan fingerprint density at radius 3 is 2.65 bits per heavy atom. The fourth-order valence-electron chi connectivity index (χ4n) is 2.19. The summed E-state index contributed by atoms with van der Waals surface area (Å²) in [7, 11) is 1.78. The number of amides is 2. The van der Waals surface area contributed by atoms with Crippen LogP contribution in [-0.4, -0.2) is 29.2 Å². The molecular weight excluding hydrogens is 326 g/mol. The standard InChI is InChI=1S/C17H17N3OS2/c1-20(11-12-7-9-13(22-2)10-8-12)17(21)19-16-18-14-5-3-4-6-15(14)23-16/h3-10H,11H2,1-2H3,(H,18,19,21). The molecule has 1 heterocycles. The van der Waals surface area contributed by atoms with E-state index in [1.54, 1.807) is 23.7 Å². The van der Waals surface area contributed by atoms with E-state index in [1.165, 1.54) is 16.2 Å². The van der Waals surface area contributed by atoms with Crippen LogP contribution in [0.4, 0.5) is 9.93 Å². The number of benzene rings is 2. The minimum Gasteiger partial charge on any atom is -0.323 e. The SMILES string of the molecule is CSc1ccc(CN(C)C(=O)Nc2nc3ccccc3s2)cc1. The van der Waals surface area contributed by atoms with Crippen molar-refractivity contribution in [3.05, 3.63) is 54.1 Å². The van der Waals surface area contributed by atoms with E-state index < -0.39 is 0 Å². The highest BCUT2D eigenvalue weighted by atomic mass is 32.2. The van der Waals surface area contributed by atoms with E-state index >= 15 is 0 Å². The molecule has 0 saturated carbocycles. The van der Waals surface area contributed by atoms with E-state index in [0.29, 0.717) is 11.7 Å². The van der Waals surface area contributed by atoms with Gasteiger partial charge in [0.1, 0.15) is 0 Å². The number of thioether (sulfide) groups is 1. The van der Waals surface area contributed by atoms with Gasteiger partial charge in [0.2, 0.25) is 0 Å². The second-order valence-electron chi connectivity index (χ2n) is 5.12. The summed E-state index contributed by atoms with van der Waals surface area (Å²) < 4.78 is 1.07. The highest BCUT2D eigenvalue weighted by Gasteiger charge is 2.12. The third kappa shape index (κ3) is 3.83. The molecular formula is C17H17N3OS2. The number of nitrogens with one attached hydrogen (secondary N) is 1. The van der Waals surface area contributed by atoms with Crippen LogP contribution < -0.4 is 5.32 Å². The van der Waals surface area contributed by atoms with Crippen molar-refractivity contribution in [2.45, 2.75) is 11.4 Å². The molecule has 3 rings (SSSR count). The molecule has 2 amide bonds. The van der Waals surface area contributed by atoms with Crippen LogP contribution in [0.1, 0.15) is 5.56 Å². The van der Waals surface area contributed by atoms with Crippen LogP contribution in [0.3, 0.4) is 0 Å². The zero-order valence-electron chi connectivity index (χ0n) is 12.9. The fraction of sp³-hybridized carbons (Fsp3) is 0.176. The van der Waals surface area contributed by atoms with E-state index in [0.717, 1.165) is 15.8 Å². The number of anilines is 1. The molecule has 0 aliphatic rings. The summed E-state index contributed by atoms with van der Waals surface area (Å²) in [6.07, 6.45) is 2.05. The van der Waals surface area contributed by atoms with Crippen molar-refractivity contribution >= 4 is 44.5 Å². The van der Waals surface area contributed by atoms with E-state index in [4.69, 9.17) is 0 Å². The van der Waals surface area contributed by atoms with Crippen molar-refractivity contribution in [3.8, 4) is 0 Å². The monoisotopic (exact) mass is 343 g/mol. The number of hydrogen-bond donors (Lipinski definition) is 1. The Hall–Kier alpha value is -2.05. The molecule has 4 nitrogen and oxygen atoms in total. The molecule has 0 saturated heterocycles. The van der Waals surface area contributed by atoms with Crippen molar-refractivity contribution in [2.75, 3.05) is 18.6 Å². The summed E-state index contributed by atoms with van der Waals surface area (Å²) in [6, 6.07) is 15.9. The van der Waals surface area contributed by atoms with E-state index in [-0.39, 0.29) is 6.03 Å². The number of rotatable bonds is 4. The van der Waals surface area contributed by atoms with Gasteiger partial charge in [0.25, 0.3) is 0 Å². The zero-order valence-corrected chi connectivity index (χ0v) is 14.6. The van der Waals surface area contributed by atoms with Gasteiger partial charge in [-0.2, -0.15) is 0 Å². The molecule has 0 unspecified atom stereocenters. The lowest BCUT2D eigenvalue weighted by atomic mass is 10.2. The lowest BCUT2D eigenvalue weighted by Gasteiger charge is -2.17. The number of fused-ring (bicyclic) bond motifs is 1. The number of thiazole rings is 1. The summed E-state index contributed by atoms with van der Waals surface area (Å²) >= 11 is 3.19. The Labute approximate surface area is 143 Å². The van der Waals surface area contributed by atoms with Gasteiger partial charge in [-0.25, -0.2) is 9.78 Å². The second kappa shape index (κ2) is 7.02. The Morgan fingerprint density at radius 1 is 1.22 bits per heavy atom. The van der Waals surface area contributed by atoms with Crippen molar-refractivity contribution in [1.82, 2.24) is 9.88 Å². The predicted octanol–water partition coefficient (Wildman–Crippen LogP) is 4.68. The van der Waals surface area contributed by atoms with Crippen LogP contribution in [-0.2, 0) is 6.54 Å².